The van der Waals surface area contributed by atoms with Crippen molar-refractivity contribution in [3.63, 3.8) is 0 Å². The van der Waals surface area contributed by atoms with E-state index in [4.69, 9.17) is 5.11 Å². The van der Waals surface area contributed by atoms with E-state index < -0.39 is 12.0 Å². The van der Waals surface area contributed by atoms with E-state index in [1.165, 1.54) is 12.1 Å². The van der Waals surface area contributed by atoms with Crippen LogP contribution in [0.4, 0.5) is 10.5 Å². The Morgan fingerprint density at radius 3 is 2.67 bits per heavy atom. The number of rotatable bonds is 3. The van der Waals surface area contributed by atoms with Crippen LogP contribution >= 0.6 is 0 Å². The Balaban J connectivity index is 1.93. The van der Waals surface area contributed by atoms with Crippen molar-refractivity contribution in [3.8, 4) is 5.75 Å². The zero-order valence-electron chi connectivity index (χ0n) is 11.0. The molecule has 1 aliphatic heterocycles. The third-order valence-corrected chi connectivity index (χ3v) is 3.09. The molecule has 8 nitrogen and oxygen atoms in total. The van der Waals surface area contributed by atoms with Gasteiger partial charge in [0.1, 0.15) is 5.75 Å². The number of carboxylic acid groups (broad SMARTS) is 1. The number of benzene rings is 1. The molecule has 1 heterocycles. The lowest BCUT2D eigenvalue weighted by molar-refractivity contribution is -0.122. The molecule has 1 aliphatic rings. The minimum Gasteiger partial charge on any atom is -0.506 e. The first-order valence-electron chi connectivity index (χ1n) is 6.36. The van der Waals surface area contributed by atoms with E-state index in [0.29, 0.717) is 19.4 Å². The van der Waals surface area contributed by atoms with Gasteiger partial charge in [-0.05, 0) is 24.6 Å². The number of piperidine rings is 1. The van der Waals surface area contributed by atoms with E-state index in [1.54, 1.807) is 0 Å². The summed E-state index contributed by atoms with van der Waals surface area (Å²) in [7, 11) is 0. The topological polar surface area (TPSA) is 128 Å². The van der Waals surface area contributed by atoms with Crippen LogP contribution in [0, 0.1) is 0 Å². The Morgan fingerprint density at radius 2 is 2.10 bits per heavy atom. The van der Waals surface area contributed by atoms with Crippen molar-refractivity contribution in [1.29, 1.82) is 0 Å². The van der Waals surface area contributed by atoms with E-state index in [-0.39, 0.29) is 28.9 Å². The molecule has 112 valence electrons. The maximum atomic E-state index is 11.8. The largest absolute Gasteiger partial charge is 0.506 e. The summed E-state index contributed by atoms with van der Waals surface area (Å²) in [6, 6.07) is 2.93. The molecule has 1 aromatic carbocycles. The second-order valence-electron chi connectivity index (χ2n) is 4.68. The highest BCUT2D eigenvalue weighted by Gasteiger charge is 2.20. The summed E-state index contributed by atoms with van der Waals surface area (Å²) in [5, 5.41) is 26.2. The van der Waals surface area contributed by atoms with E-state index in [2.05, 4.69) is 16.0 Å². The van der Waals surface area contributed by atoms with E-state index in [9.17, 15) is 19.5 Å². The minimum absolute atomic E-state index is 0.0460. The van der Waals surface area contributed by atoms with Crippen molar-refractivity contribution in [2.24, 2.45) is 0 Å². The third kappa shape index (κ3) is 3.85. The Labute approximate surface area is 120 Å². The number of aromatic carboxylic acids is 1. The van der Waals surface area contributed by atoms with Gasteiger partial charge in [0.2, 0.25) is 5.91 Å². The number of hydrogen-bond donors (Lipinski definition) is 5. The number of hydrogen-bond acceptors (Lipinski definition) is 4. The van der Waals surface area contributed by atoms with Gasteiger partial charge in [-0.15, -0.1) is 0 Å². The number of nitrogens with one attached hydrogen (secondary N) is 3. The standard InChI is InChI=1S/C13H15N3O5/c17-10-5-7(12(19)20)1-3-9(10)16-13(21)15-8-2-4-11(18)14-6-8/h1,3,5,8,17H,2,4,6H2,(H,14,18)(H,19,20)(H2,15,16,21). The second kappa shape index (κ2) is 6.12. The van der Waals surface area contributed by atoms with Crippen LogP contribution < -0.4 is 16.0 Å². The zero-order chi connectivity index (χ0) is 15.4. The molecular weight excluding hydrogens is 278 g/mol. The van der Waals surface area contributed by atoms with Crippen molar-refractivity contribution < 1.29 is 24.6 Å². The van der Waals surface area contributed by atoms with Crippen molar-refractivity contribution in [1.82, 2.24) is 10.6 Å². The Hall–Kier alpha value is -2.77. The smallest absolute Gasteiger partial charge is 0.335 e. The molecular formula is C13H15N3O5. The number of carboxylic acids is 1. The third-order valence-electron chi connectivity index (χ3n) is 3.09. The predicted octanol–water partition coefficient (Wildman–Crippen LogP) is 0.491. The average molecular weight is 293 g/mol. The molecule has 0 aliphatic carbocycles. The summed E-state index contributed by atoms with van der Waals surface area (Å²) in [5.41, 5.74) is 0.0331. The number of amides is 3. The van der Waals surface area contributed by atoms with Gasteiger partial charge in [0.05, 0.1) is 11.3 Å². The highest BCUT2D eigenvalue weighted by Crippen LogP contribution is 2.24. The molecule has 1 atom stereocenters. The Kier molecular flexibility index (Phi) is 4.27. The van der Waals surface area contributed by atoms with Crippen LogP contribution in [0.15, 0.2) is 18.2 Å². The number of phenolic OH excluding ortho intramolecular Hbond substituents is 1. The van der Waals surface area contributed by atoms with Gasteiger partial charge in [0, 0.05) is 19.0 Å². The highest BCUT2D eigenvalue weighted by molar-refractivity contribution is 5.93. The summed E-state index contributed by atoms with van der Waals surface area (Å²) in [4.78, 5) is 33.5. The van der Waals surface area contributed by atoms with Crippen molar-refractivity contribution in [3.05, 3.63) is 23.8 Å². The van der Waals surface area contributed by atoms with Gasteiger partial charge in [-0.25, -0.2) is 9.59 Å². The molecule has 1 unspecified atom stereocenters. The molecule has 8 heteroatoms. The monoisotopic (exact) mass is 293 g/mol. The summed E-state index contributed by atoms with van der Waals surface area (Å²) >= 11 is 0. The SMILES string of the molecule is O=C1CCC(NC(=O)Nc2ccc(C(=O)O)cc2O)CN1. The van der Waals surface area contributed by atoms with Crippen LogP contribution in [0.3, 0.4) is 0 Å². The molecule has 0 saturated carbocycles. The molecule has 1 saturated heterocycles. The Bertz CT molecular complexity index is 577. The zero-order valence-corrected chi connectivity index (χ0v) is 11.0. The fraction of sp³-hybridized carbons (Fsp3) is 0.308. The van der Waals surface area contributed by atoms with Crippen LogP contribution in [0.1, 0.15) is 23.2 Å². The minimum atomic E-state index is -1.17. The number of anilines is 1. The molecule has 0 spiro atoms. The summed E-state index contributed by atoms with van der Waals surface area (Å²) in [5.74, 6) is -1.54. The molecule has 2 rings (SSSR count). The van der Waals surface area contributed by atoms with Gasteiger partial charge >= 0.3 is 12.0 Å². The summed E-state index contributed by atoms with van der Waals surface area (Å²) in [6.45, 7) is 0.357. The highest BCUT2D eigenvalue weighted by atomic mass is 16.4. The van der Waals surface area contributed by atoms with E-state index >= 15 is 0 Å². The molecule has 3 amide bonds. The van der Waals surface area contributed by atoms with Gasteiger partial charge in [0.25, 0.3) is 0 Å². The first-order valence-corrected chi connectivity index (χ1v) is 6.36. The predicted molar refractivity (Wildman–Crippen MR) is 73.3 cm³/mol. The molecule has 0 bridgehead atoms. The van der Waals surface area contributed by atoms with E-state index in [1.807, 2.05) is 0 Å². The van der Waals surface area contributed by atoms with Gasteiger partial charge in [0.15, 0.2) is 0 Å². The molecule has 21 heavy (non-hydrogen) atoms. The summed E-state index contributed by atoms with van der Waals surface area (Å²) in [6.07, 6.45) is 0.896. The second-order valence-corrected chi connectivity index (χ2v) is 4.68. The first kappa shape index (κ1) is 14.6. The van der Waals surface area contributed by atoms with Crippen LogP contribution in [0.5, 0.6) is 5.75 Å². The quantitative estimate of drug-likeness (QED) is 0.518. The maximum absolute atomic E-state index is 11.8. The number of carbonyl (C=O) groups is 3. The van der Waals surface area contributed by atoms with Crippen molar-refractivity contribution in [2.75, 3.05) is 11.9 Å². The van der Waals surface area contributed by atoms with Crippen LogP contribution in [0.2, 0.25) is 0 Å². The van der Waals surface area contributed by atoms with Crippen molar-refractivity contribution >= 4 is 23.6 Å². The number of carbonyl (C=O) groups excluding carboxylic acids is 2. The first-order chi connectivity index (χ1) is 9.95. The fourth-order valence-electron chi connectivity index (χ4n) is 1.97. The lowest BCUT2D eigenvalue weighted by Crippen LogP contribution is -2.48. The number of phenols is 1. The van der Waals surface area contributed by atoms with Crippen molar-refractivity contribution in [2.45, 2.75) is 18.9 Å². The molecule has 1 fully saturated rings. The lowest BCUT2D eigenvalue weighted by atomic mass is 10.1. The average Bonchev–Trinajstić information content (AvgIpc) is 2.43. The molecule has 0 aromatic heterocycles. The number of aromatic hydroxyl groups is 1. The van der Waals surface area contributed by atoms with Crippen LogP contribution in [0.25, 0.3) is 0 Å². The fourth-order valence-corrected chi connectivity index (χ4v) is 1.97. The van der Waals surface area contributed by atoms with Gasteiger partial charge in [-0.3, -0.25) is 4.79 Å². The van der Waals surface area contributed by atoms with Crippen LogP contribution in [-0.2, 0) is 4.79 Å². The van der Waals surface area contributed by atoms with E-state index in [0.717, 1.165) is 6.07 Å². The summed E-state index contributed by atoms with van der Waals surface area (Å²) < 4.78 is 0. The Morgan fingerprint density at radius 1 is 1.33 bits per heavy atom. The maximum Gasteiger partial charge on any atom is 0.335 e. The molecule has 0 radical (unpaired) electrons. The van der Waals surface area contributed by atoms with Gasteiger partial charge < -0.3 is 26.2 Å². The normalized spacial score (nSPS) is 17.7. The lowest BCUT2D eigenvalue weighted by Gasteiger charge is -2.23. The number of urea groups is 1. The molecule has 5 N–H and O–H groups in total. The van der Waals surface area contributed by atoms with Crippen LogP contribution in [-0.4, -0.2) is 40.7 Å². The van der Waals surface area contributed by atoms with Gasteiger partial charge in [-0.1, -0.05) is 0 Å². The molecule has 1 aromatic rings. The van der Waals surface area contributed by atoms with Gasteiger partial charge in [-0.2, -0.15) is 0 Å².